The summed E-state index contributed by atoms with van der Waals surface area (Å²) < 4.78 is 5.96. The summed E-state index contributed by atoms with van der Waals surface area (Å²) in [5.41, 5.74) is 3.01. The van der Waals surface area contributed by atoms with Crippen LogP contribution in [0.5, 0.6) is 0 Å². The lowest BCUT2D eigenvalue weighted by molar-refractivity contribution is -0.176. The van der Waals surface area contributed by atoms with Gasteiger partial charge in [0.25, 0.3) is 5.91 Å². The predicted octanol–water partition coefficient (Wildman–Crippen LogP) is 4.19. The largest absolute Gasteiger partial charge is 0.361 e. The molecule has 1 aliphatic rings. The average Bonchev–Trinajstić information content (AvgIpc) is 2.74. The SMILES string of the molecule is O=C1[C@H](OCc2ccccc2)[C@H](c2ccccc2)N1/N=C/c1ccccc1. The van der Waals surface area contributed by atoms with E-state index < -0.39 is 6.10 Å². The van der Waals surface area contributed by atoms with Gasteiger partial charge < -0.3 is 4.74 Å². The Morgan fingerprint density at radius 3 is 2.11 bits per heavy atom. The van der Waals surface area contributed by atoms with Crippen LogP contribution in [0.1, 0.15) is 22.7 Å². The van der Waals surface area contributed by atoms with Crippen LogP contribution in [0.3, 0.4) is 0 Å². The van der Waals surface area contributed by atoms with Crippen LogP contribution >= 0.6 is 0 Å². The van der Waals surface area contributed by atoms with Gasteiger partial charge in [-0.25, -0.2) is 5.01 Å². The third-order valence-electron chi connectivity index (χ3n) is 4.56. The zero-order valence-electron chi connectivity index (χ0n) is 14.8. The number of carbonyl (C=O) groups is 1. The van der Waals surface area contributed by atoms with Crippen molar-refractivity contribution in [1.82, 2.24) is 5.01 Å². The second-order valence-corrected chi connectivity index (χ2v) is 6.41. The van der Waals surface area contributed by atoms with Gasteiger partial charge in [-0.15, -0.1) is 0 Å². The molecule has 0 aromatic heterocycles. The lowest BCUT2D eigenvalue weighted by atomic mass is 9.92. The van der Waals surface area contributed by atoms with Crippen molar-refractivity contribution in [2.24, 2.45) is 5.10 Å². The van der Waals surface area contributed by atoms with Crippen LogP contribution in [0.25, 0.3) is 0 Å². The molecule has 3 aromatic carbocycles. The number of benzene rings is 3. The number of carbonyl (C=O) groups excluding carboxylic acids is 1. The second-order valence-electron chi connectivity index (χ2n) is 6.41. The van der Waals surface area contributed by atoms with E-state index >= 15 is 0 Å². The van der Waals surface area contributed by atoms with Crippen LogP contribution in [-0.4, -0.2) is 23.2 Å². The van der Waals surface area contributed by atoms with Gasteiger partial charge in [-0.2, -0.15) is 5.10 Å². The maximum absolute atomic E-state index is 12.7. The molecular formula is C23H20N2O2. The van der Waals surface area contributed by atoms with Crippen molar-refractivity contribution < 1.29 is 9.53 Å². The Kier molecular flexibility index (Phi) is 5.08. The summed E-state index contributed by atoms with van der Waals surface area (Å²) in [4.78, 5) is 12.7. The molecule has 4 heteroatoms. The average molecular weight is 356 g/mol. The number of ether oxygens (including phenoxy) is 1. The molecule has 0 radical (unpaired) electrons. The Hall–Kier alpha value is -3.24. The van der Waals surface area contributed by atoms with E-state index in [4.69, 9.17) is 4.74 Å². The van der Waals surface area contributed by atoms with Crippen LogP contribution in [0.15, 0.2) is 96.1 Å². The van der Waals surface area contributed by atoms with Gasteiger partial charge in [-0.1, -0.05) is 91.0 Å². The Morgan fingerprint density at radius 2 is 1.44 bits per heavy atom. The van der Waals surface area contributed by atoms with Gasteiger partial charge in [0.1, 0.15) is 6.04 Å². The summed E-state index contributed by atoms with van der Waals surface area (Å²) in [6.45, 7) is 0.400. The predicted molar refractivity (Wildman–Crippen MR) is 105 cm³/mol. The number of rotatable bonds is 6. The van der Waals surface area contributed by atoms with Crippen molar-refractivity contribution >= 4 is 12.1 Å². The monoisotopic (exact) mass is 356 g/mol. The van der Waals surface area contributed by atoms with Crippen molar-refractivity contribution in [1.29, 1.82) is 0 Å². The number of hydrogen-bond acceptors (Lipinski definition) is 3. The number of hydrogen-bond donors (Lipinski definition) is 0. The molecule has 0 bridgehead atoms. The molecule has 4 rings (SSSR count). The van der Waals surface area contributed by atoms with Gasteiger partial charge in [0, 0.05) is 0 Å². The topological polar surface area (TPSA) is 41.9 Å². The molecule has 0 spiro atoms. The Balaban J connectivity index is 1.53. The molecule has 27 heavy (non-hydrogen) atoms. The van der Waals surface area contributed by atoms with Crippen molar-refractivity contribution in [3.8, 4) is 0 Å². The molecule has 2 atom stereocenters. The smallest absolute Gasteiger partial charge is 0.275 e. The van der Waals surface area contributed by atoms with Crippen LogP contribution in [0.2, 0.25) is 0 Å². The van der Waals surface area contributed by atoms with Crippen molar-refractivity contribution in [2.45, 2.75) is 18.8 Å². The second kappa shape index (κ2) is 7.98. The van der Waals surface area contributed by atoms with Gasteiger partial charge in [0.2, 0.25) is 0 Å². The molecule has 4 nitrogen and oxygen atoms in total. The first kappa shape index (κ1) is 17.2. The Labute approximate surface area is 158 Å². The minimum absolute atomic E-state index is 0.119. The van der Waals surface area contributed by atoms with E-state index in [1.165, 1.54) is 5.01 Å². The highest BCUT2D eigenvalue weighted by Gasteiger charge is 2.49. The molecule has 0 aliphatic carbocycles. The summed E-state index contributed by atoms with van der Waals surface area (Å²) in [6.07, 6.45) is 1.18. The van der Waals surface area contributed by atoms with Gasteiger partial charge >= 0.3 is 0 Å². The molecule has 1 heterocycles. The zero-order chi connectivity index (χ0) is 18.5. The minimum Gasteiger partial charge on any atom is -0.361 e. The fraction of sp³-hybridized carbons (Fsp3) is 0.130. The zero-order valence-corrected chi connectivity index (χ0v) is 14.8. The van der Waals surface area contributed by atoms with Gasteiger partial charge in [0.15, 0.2) is 6.10 Å². The van der Waals surface area contributed by atoms with E-state index in [9.17, 15) is 4.79 Å². The number of amides is 1. The van der Waals surface area contributed by atoms with Gasteiger partial charge in [-0.3, -0.25) is 4.79 Å². The van der Waals surface area contributed by atoms with Crippen molar-refractivity contribution in [3.63, 3.8) is 0 Å². The third-order valence-corrected chi connectivity index (χ3v) is 4.56. The summed E-state index contributed by atoms with van der Waals surface area (Å²) in [5.74, 6) is -0.119. The molecule has 0 saturated carbocycles. The summed E-state index contributed by atoms with van der Waals surface area (Å²) >= 11 is 0. The Morgan fingerprint density at radius 1 is 0.852 bits per heavy atom. The van der Waals surface area contributed by atoms with Gasteiger partial charge in [0.05, 0.1) is 12.8 Å². The van der Waals surface area contributed by atoms with Gasteiger partial charge in [-0.05, 0) is 16.7 Å². The third kappa shape index (κ3) is 3.81. The summed E-state index contributed by atoms with van der Waals surface area (Å²) in [6, 6.07) is 29.3. The van der Waals surface area contributed by atoms with E-state index in [0.717, 1.165) is 16.7 Å². The number of hydrazone groups is 1. The molecule has 134 valence electrons. The molecule has 0 N–H and O–H groups in total. The quantitative estimate of drug-likeness (QED) is 0.491. The first-order valence-corrected chi connectivity index (χ1v) is 8.95. The van der Waals surface area contributed by atoms with Crippen LogP contribution in [-0.2, 0) is 16.1 Å². The molecule has 1 fully saturated rings. The highest BCUT2D eigenvalue weighted by Crippen LogP contribution is 2.37. The first-order chi connectivity index (χ1) is 13.3. The normalized spacial score (nSPS) is 19.3. The maximum atomic E-state index is 12.7. The highest BCUT2D eigenvalue weighted by molar-refractivity contribution is 5.90. The summed E-state index contributed by atoms with van der Waals surface area (Å²) in [5, 5.41) is 5.93. The molecule has 3 aromatic rings. The fourth-order valence-electron chi connectivity index (χ4n) is 3.13. The molecule has 1 aliphatic heterocycles. The van der Waals surface area contributed by atoms with E-state index in [0.29, 0.717) is 6.61 Å². The fourth-order valence-corrected chi connectivity index (χ4v) is 3.13. The van der Waals surface area contributed by atoms with E-state index in [1.807, 2.05) is 91.0 Å². The maximum Gasteiger partial charge on any atom is 0.275 e. The molecular weight excluding hydrogens is 336 g/mol. The molecule has 1 saturated heterocycles. The molecule has 0 unspecified atom stereocenters. The first-order valence-electron chi connectivity index (χ1n) is 8.95. The van der Waals surface area contributed by atoms with Crippen molar-refractivity contribution in [2.75, 3.05) is 0 Å². The number of β-lactam (4-membered cyclic amide) rings is 1. The summed E-state index contributed by atoms with van der Waals surface area (Å²) in [7, 11) is 0. The highest BCUT2D eigenvalue weighted by atomic mass is 16.5. The lowest BCUT2D eigenvalue weighted by Crippen LogP contribution is -2.57. The van der Waals surface area contributed by atoms with Crippen LogP contribution in [0.4, 0.5) is 0 Å². The van der Waals surface area contributed by atoms with Crippen LogP contribution < -0.4 is 0 Å². The molecule has 1 amide bonds. The van der Waals surface area contributed by atoms with Crippen molar-refractivity contribution in [3.05, 3.63) is 108 Å². The van der Waals surface area contributed by atoms with E-state index in [-0.39, 0.29) is 11.9 Å². The Bertz CT molecular complexity index is 911. The standard InChI is InChI=1S/C23H20N2O2/c26-23-22(27-17-19-12-6-2-7-13-19)21(20-14-8-3-9-15-20)25(23)24-16-18-10-4-1-5-11-18/h1-16,21-22H,17H2/b24-16+/t21-,22+/m0/s1. The van der Waals surface area contributed by atoms with Crippen LogP contribution in [0, 0.1) is 0 Å². The van der Waals surface area contributed by atoms with E-state index in [2.05, 4.69) is 5.10 Å². The van der Waals surface area contributed by atoms with E-state index in [1.54, 1.807) is 6.21 Å². The minimum atomic E-state index is -0.527. The lowest BCUT2D eigenvalue weighted by Gasteiger charge is -2.43. The number of nitrogens with zero attached hydrogens (tertiary/aromatic N) is 2.